The third-order valence-electron chi connectivity index (χ3n) is 2.08. The Balaban J connectivity index is 2.78. The molecule has 1 aromatic rings. The van der Waals surface area contributed by atoms with Crippen LogP contribution in [0.3, 0.4) is 0 Å². The Kier molecular flexibility index (Phi) is 3.65. The van der Waals surface area contributed by atoms with E-state index in [0.717, 1.165) is 11.3 Å². The van der Waals surface area contributed by atoms with Gasteiger partial charge in [0.05, 0.1) is 0 Å². The Morgan fingerprint density at radius 3 is 2.29 bits per heavy atom. The highest BCUT2D eigenvalue weighted by Gasteiger charge is 2.04. The van der Waals surface area contributed by atoms with Crippen molar-refractivity contribution in [3.05, 3.63) is 29.8 Å². The number of hydrogen-bond donors (Lipinski definition) is 1. The number of nitrogens with zero attached hydrogens (tertiary/aromatic N) is 1. The second-order valence-electron chi connectivity index (χ2n) is 3.40. The molecule has 0 fully saturated rings. The van der Waals surface area contributed by atoms with Gasteiger partial charge in [-0.3, -0.25) is 4.79 Å². The summed E-state index contributed by atoms with van der Waals surface area (Å²) in [5, 5.41) is 0. The summed E-state index contributed by atoms with van der Waals surface area (Å²) in [6.07, 6.45) is 0.418. The standard InChI is InChI=1S/C11H16N2O/c1-13(2)10-5-3-9(4-6-10)11(14)7-8-12/h3-6H,7-8,12H2,1-2H3. The van der Waals surface area contributed by atoms with Crippen molar-refractivity contribution in [1.82, 2.24) is 0 Å². The molecular weight excluding hydrogens is 176 g/mol. The third kappa shape index (κ3) is 2.57. The van der Waals surface area contributed by atoms with E-state index in [2.05, 4.69) is 0 Å². The summed E-state index contributed by atoms with van der Waals surface area (Å²) < 4.78 is 0. The molecule has 1 aromatic carbocycles. The topological polar surface area (TPSA) is 46.3 Å². The van der Waals surface area contributed by atoms with E-state index in [1.807, 2.05) is 43.3 Å². The van der Waals surface area contributed by atoms with E-state index in [4.69, 9.17) is 5.73 Å². The van der Waals surface area contributed by atoms with Crippen molar-refractivity contribution < 1.29 is 4.79 Å². The van der Waals surface area contributed by atoms with Crippen LogP contribution in [0.4, 0.5) is 5.69 Å². The summed E-state index contributed by atoms with van der Waals surface area (Å²) in [6.45, 7) is 0.411. The second kappa shape index (κ2) is 4.77. The molecule has 14 heavy (non-hydrogen) atoms. The predicted octanol–water partition coefficient (Wildman–Crippen LogP) is 1.28. The molecule has 0 saturated heterocycles. The number of rotatable bonds is 4. The molecule has 3 nitrogen and oxygen atoms in total. The average Bonchev–Trinajstić information content (AvgIpc) is 2.18. The van der Waals surface area contributed by atoms with Gasteiger partial charge < -0.3 is 10.6 Å². The molecule has 0 aliphatic carbocycles. The Morgan fingerprint density at radius 2 is 1.86 bits per heavy atom. The van der Waals surface area contributed by atoms with Crippen molar-refractivity contribution in [3.63, 3.8) is 0 Å². The van der Waals surface area contributed by atoms with Gasteiger partial charge in [-0.2, -0.15) is 0 Å². The Bertz CT molecular complexity index is 304. The van der Waals surface area contributed by atoms with E-state index in [-0.39, 0.29) is 5.78 Å². The SMILES string of the molecule is CN(C)c1ccc(C(=O)CCN)cc1. The lowest BCUT2D eigenvalue weighted by molar-refractivity contribution is 0.0985. The second-order valence-corrected chi connectivity index (χ2v) is 3.40. The normalized spacial score (nSPS) is 9.93. The van der Waals surface area contributed by atoms with Crippen LogP contribution in [0.2, 0.25) is 0 Å². The zero-order chi connectivity index (χ0) is 10.6. The molecule has 0 bridgehead atoms. The molecule has 2 N–H and O–H groups in total. The highest BCUT2D eigenvalue weighted by atomic mass is 16.1. The van der Waals surface area contributed by atoms with Crippen molar-refractivity contribution in [2.75, 3.05) is 25.5 Å². The molecule has 0 heterocycles. The van der Waals surface area contributed by atoms with Gasteiger partial charge in [0.1, 0.15) is 0 Å². The van der Waals surface area contributed by atoms with Gasteiger partial charge >= 0.3 is 0 Å². The average molecular weight is 192 g/mol. The molecule has 0 aliphatic rings. The number of carbonyl (C=O) groups excluding carboxylic acids is 1. The highest BCUT2D eigenvalue weighted by molar-refractivity contribution is 5.96. The van der Waals surface area contributed by atoms with Crippen LogP contribution in [0.1, 0.15) is 16.8 Å². The highest BCUT2D eigenvalue weighted by Crippen LogP contribution is 2.13. The van der Waals surface area contributed by atoms with Crippen molar-refractivity contribution in [2.45, 2.75) is 6.42 Å². The number of nitrogens with two attached hydrogens (primary N) is 1. The molecule has 0 amide bonds. The van der Waals surface area contributed by atoms with Crippen molar-refractivity contribution >= 4 is 11.5 Å². The van der Waals surface area contributed by atoms with Gasteiger partial charge in [-0.1, -0.05) is 0 Å². The molecule has 3 heteroatoms. The van der Waals surface area contributed by atoms with Gasteiger partial charge in [-0.05, 0) is 30.8 Å². The molecule has 1 rings (SSSR count). The molecule has 0 aliphatic heterocycles. The lowest BCUT2D eigenvalue weighted by Crippen LogP contribution is -2.10. The maximum absolute atomic E-state index is 11.4. The number of ketones is 1. The number of hydrogen-bond acceptors (Lipinski definition) is 3. The summed E-state index contributed by atoms with van der Waals surface area (Å²) in [6, 6.07) is 7.55. The molecule has 0 radical (unpaired) electrons. The lowest BCUT2D eigenvalue weighted by atomic mass is 10.1. The van der Waals surface area contributed by atoms with Crippen LogP contribution in [0.15, 0.2) is 24.3 Å². The first-order chi connectivity index (χ1) is 6.65. The van der Waals surface area contributed by atoms with Crippen molar-refractivity contribution in [3.8, 4) is 0 Å². The van der Waals surface area contributed by atoms with Crippen LogP contribution in [0.5, 0.6) is 0 Å². The predicted molar refractivity (Wildman–Crippen MR) is 58.8 cm³/mol. The summed E-state index contributed by atoms with van der Waals surface area (Å²) in [5.41, 5.74) is 7.14. The minimum absolute atomic E-state index is 0.109. The minimum atomic E-state index is 0.109. The molecule has 76 valence electrons. The van der Waals surface area contributed by atoms with Crippen LogP contribution in [0.25, 0.3) is 0 Å². The summed E-state index contributed by atoms with van der Waals surface area (Å²) in [4.78, 5) is 13.4. The van der Waals surface area contributed by atoms with E-state index in [1.165, 1.54) is 0 Å². The van der Waals surface area contributed by atoms with E-state index in [0.29, 0.717) is 13.0 Å². The van der Waals surface area contributed by atoms with Gasteiger partial charge in [-0.15, -0.1) is 0 Å². The van der Waals surface area contributed by atoms with Crippen LogP contribution in [0, 0.1) is 0 Å². The molecule has 0 aromatic heterocycles. The van der Waals surface area contributed by atoms with Crippen LogP contribution in [-0.4, -0.2) is 26.4 Å². The minimum Gasteiger partial charge on any atom is -0.378 e. The number of benzene rings is 1. The molecular formula is C11H16N2O. The smallest absolute Gasteiger partial charge is 0.164 e. The fourth-order valence-corrected chi connectivity index (χ4v) is 1.22. The van der Waals surface area contributed by atoms with Crippen LogP contribution >= 0.6 is 0 Å². The van der Waals surface area contributed by atoms with E-state index in [9.17, 15) is 4.79 Å². The van der Waals surface area contributed by atoms with Gasteiger partial charge in [0.15, 0.2) is 5.78 Å². The quantitative estimate of drug-likeness (QED) is 0.731. The summed E-state index contributed by atoms with van der Waals surface area (Å²) >= 11 is 0. The fourth-order valence-electron chi connectivity index (χ4n) is 1.22. The first kappa shape index (κ1) is 10.7. The van der Waals surface area contributed by atoms with E-state index in [1.54, 1.807) is 0 Å². The summed E-state index contributed by atoms with van der Waals surface area (Å²) in [5.74, 6) is 0.109. The zero-order valence-corrected chi connectivity index (χ0v) is 8.66. The monoisotopic (exact) mass is 192 g/mol. The maximum atomic E-state index is 11.4. The maximum Gasteiger partial charge on any atom is 0.164 e. The molecule has 0 atom stereocenters. The first-order valence-electron chi connectivity index (χ1n) is 4.66. The number of Topliss-reactive ketones (excluding diaryl/α,β-unsaturated/α-hetero) is 1. The largest absolute Gasteiger partial charge is 0.378 e. The Labute approximate surface area is 84.5 Å². The van der Waals surface area contributed by atoms with E-state index >= 15 is 0 Å². The van der Waals surface area contributed by atoms with Crippen LogP contribution < -0.4 is 10.6 Å². The van der Waals surface area contributed by atoms with Gasteiger partial charge in [0.2, 0.25) is 0 Å². The lowest BCUT2D eigenvalue weighted by Gasteiger charge is -2.12. The first-order valence-corrected chi connectivity index (χ1v) is 4.66. The van der Waals surface area contributed by atoms with E-state index < -0.39 is 0 Å². The third-order valence-corrected chi connectivity index (χ3v) is 2.08. The Hall–Kier alpha value is -1.35. The zero-order valence-electron chi connectivity index (χ0n) is 8.66. The molecule has 0 spiro atoms. The molecule has 0 saturated carbocycles. The number of anilines is 1. The van der Waals surface area contributed by atoms with Crippen molar-refractivity contribution in [1.29, 1.82) is 0 Å². The fraction of sp³-hybridized carbons (Fsp3) is 0.364. The van der Waals surface area contributed by atoms with Crippen molar-refractivity contribution in [2.24, 2.45) is 5.73 Å². The number of carbonyl (C=O) groups is 1. The summed E-state index contributed by atoms with van der Waals surface area (Å²) in [7, 11) is 3.94. The molecule has 0 unspecified atom stereocenters. The van der Waals surface area contributed by atoms with Gasteiger partial charge in [0.25, 0.3) is 0 Å². The van der Waals surface area contributed by atoms with Crippen LogP contribution in [-0.2, 0) is 0 Å². The van der Waals surface area contributed by atoms with Gasteiger partial charge in [0, 0.05) is 31.8 Å². The van der Waals surface area contributed by atoms with Gasteiger partial charge in [-0.25, -0.2) is 0 Å². The Morgan fingerprint density at radius 1 is 1.29 bits per heavy atom.